The predicted octanol–water partition coefficient (Wildman–Crippen LogP) is 3.29. The van der Waals surface area contributed by atoms with Crippen molar-refractivity contribution in [3.8, 4) is 0 Å². The van der Waals surface area contributed by atoms with Gasteiger partial charge in [0, 0.05) is 11.6 Å². The first-order chi connectivity index (χ1) is 8.78. The minimum atomic E-state index is 0.819. The van der Waals surface area contributed by atoms with Crippen molar-refractivity contribution in [1.29, 1.82) is 0 Å². The summed E-state index contributed by atoms with van der Waals surface area (Å²) in [6.45, 7) is 4.33. The van der Waals surface area contributed by atoms with Gasteiger partial charge in [0.2, 0.25) is 0 Å². The maximum atomic E-state index is 5.90. The number of likely N-dealkylation sites (tertiary alicyclic amines) is 1. The molecule has 2 N–H and O–H groups in total. The summed E-state index contributed by atoms with van der Waals surface area (Å²) in [5, 5.41) is 0.819. The molecule has 0 aromatic heterocycles. The van der Waals surface area contributed by atoms with E-state index in [1.54, 1.807) is 0 Å². The molecule has 1 aromatic carbocycles. The number of nitrogens with two attached hydrogens (primary N) is 1. The van der Waals surface area contributed by atoms with Crippen molar-refractivity contribution in [3.63, 3.8) is 0 Å². The Morgan fingerprint density at radius 2 is 1.83 bits per heavy atom. The number of halogens is 1. The van der Waals surface area contributed by atoms with Crippen molar-refractivity contribution in [2.45, 2.75) is 32.2 Å². The summed E-state index contributed by atoms with van der Waals surface area (Å²) >= 11 is 5.90. The van der Waals surface area contributed by atoms with Crippen molar-refractivity contribution in [1.82, 2.24) is 4.90 Å². The lowest BCUT2D eigenvalue weighted by molar-refractivity contribution is 0.171. The van der Waals surface area contributed by atoms with Gasteiger partial charge in [-0.2, -0.15) is 0 Å². The summed E-state index contributed by atoms with van der Waals surface area (Å²) < 4.78 is 0. The fraction of sp³-hybridized carbons (Fsp3) is 0.600. The molecule has 0 aliphatic carbocycles. The van der Waals surface area contributed by atoms with Gasteiger partial charge in [-0.3, -0.25) is 4.90 Å². The lowest BCUT2D eigenvalue weighted by Gasteiger charge is -2.32. The van der Waals surface area contributed by atoms with Crippen LogP contribution in [-0.4, -0.2) is 24.5 Å². The van der Waals surface area contributed by atoms with Crippen molar-refractivity contribution in [2.24, 2.45) is 11.7 Å². The number of hydrogen-bond donors (Lipinski definition) is 1. The molecule has 1 fully saturated rings. The highest BCUT2D eigenvalue weighted by atomic mass is 35.5. The number of rotatable bonds is 5. The Hall–Kier alpha value is -0.570. The van der Waals surface area contributed by atoms with Crippen molar-refractivity contribution in [2.75, 3.05) is 19.6 Å². The van der Waals surface area contributed by atoms with Gasteiger partial charge in [0.25, 0.3) is 0 Å². The molecule has 0 saturated carbocycles. The van der Waals surface area contributed by atoms with E-state index >= 15 is 0 Å². The lowest BCUT2D eigenvalue weighted by Crippen LogP contribution is -2.33. The third kappa shape index (κ3) is 4.27. The maximum Gasteiger partial charge on any atom is 0.0406 e. The molecular weight excluding hydrogens is 244 g/mol. The monoisotopic (exact) mass is 266 g/mol. The molecule has 0 atom stereocenters. The first kappa shape index (κ1) is 13.9. The van der Waals surface area contributed by atoms with Gasteiger partial charge in [-0.05, 0) is 68.9 Å². The van der Waals surface area contributed by atoms with Crippen LogP contribution in [0.25, 0.3) is 0 Å². The van der Waals surface area contributed by atoms with Crippen molar-refractivity contribution < 1.29 is 0 Å². The number of benzene rings is 1. The maximum absolute atomic E-state index is 5.90. The van der Waals surface area contributed by atoms with E-state index in [1.165, 1.54) is 44.3 Å². The van der Waals surface area contributed by atoms with Gasteiger partial charge in [0.15, 0.2) is 0 Å². The van der Waals surface area contributed by atoms with E-state index in [1.807, 2.05) is 12.1 Å². The summed E-state index contributed by atoms with van der Waals surface area (Å²) in [5.74, 6) is 0.898. The fourth-order valence-electron chi connectivity index (χ4n) is 2.69. The van der Waals surface area contributed by atoms with Crippen LogP contribution in [0, 0.1) is 5.92 Å². The summed E-state index contributed by atoms with van der Waals surface area (Å²) in [7, 11) is 0. The first-order valence-electron chi connectivity index (χ1n) is 6.95. The SMILES string of the molecule is NCCCC1CCN(Cc2ccc(Cl)cc2)CC1. The Bertz CT molecular complexity index is 342. The Kier molecular flexibility index (Phi) is 5.48. The summed E-state index contributed by atoms with van der Waals surface area (Å²) in [4.78, 5) is 2.54. The van der Waals surface area contributed by atoms with Crippen LogP contribution in [0.1, 0.15) is 31.2 Å². The van der Waals surface area contributed by atoms with Gasteiger partial charge in [-0.25, -0.2) is 0 Å². The molecule has 2 rings (SSSR count). The molecule has 18 heavy (non-hydrogen) atoms. The topological polar surface area (TPSA) is 29.3 Å². The highest BCUT2D eigenvalue weighted by Gasteiger charge is 2.18. The Labute approximate surface area is 115 Å². The van der Waals surface area contributed by atoms with E-state index in [-0.39, 0.29) is 0 Å². The normalized spacial score (nSPS) is 18.1. The second-order valence-electron chi connectivity index (χ2n) is 5.28. The van der Waals surface area contributed by atoms with Gasteiger partial charge in [-0.15, -0.1) is 0 Å². The van der Waals surface area contributed by atoms with Crippen LogP contribution >= 0.6 is 11.6 Å². The van der Waals surface area contributed by atoms with E-state index in [2.05, 4.69) is 17.0 Å². The minimum absolute atomic E-state index is 0.819. The smallest absolute Gasteiger partial charge is 0.0406 e. The molecule has 3 heteroatoms. The fourth-order valence-corrected chi connectivity index (χ4v) is 2.81. The molecule has 1 aromatic rings. The van der Waals surface area contributed by atoms with Gasteiger partial charge in [0.05, 0.1) is 0 Å². The summed E-state index contributed by atoms with van der Waals surface area (Å²) in [6.07, 6.45) is 5.15. The van der Waals surface area contributed by atoms with Gasteiger partial charge < -0.3 is 5.73 Å². The van der Waals surface area contributed by atoms with Crippen LogP contribution < -0.4 is 5.73 Å². The van der Waals surface area contributed by atoms with Crippen LogP contribution in [0.4, 0.5) is 0 Å². The standard InChI is InChI=1S/C15H23ClN2/c16-15-5-3-14(4-6-15)12-18-10-7-13(8-11-18)2-1-9-17/h3-6,13H,1-2,7-12,17H2. The highest BCUT2D eigenvalue weighted by Crippen LogP contribution is 2.23. The Morgan fingerprint density at radius 3 is 2.44 bits per heavy atom. The number of piperidine rings is 1. The van der Waals surface area contributed by atoms with E-state index < -0.39 is 0 Å². The van der Waals surface area contributed by atoms with Gasteiger partial charge in [-0.1, -0.05) is 23.7 Å². The number of hydrogen-bond acceptors (Lipinski definition) is 2. The van der Waals surface area contributed by atoms with Crippen LogP contribution in [-0.2, 0) is 6.54 Å². The van der Waals surface area contributed by atoms with Crippen molar-refractivity contribution in [3.05, 3.63) is 34.9 Å². The van der Waals surface area contributed by atoms with E-state index in [0.717, 1.165) is 24.0 Å². The molecule has 100 valence electrons. The Balaban J connectivity index is 1.74. The second-order valence-corrected chi connectivity index (χ2v) is 5.71. The molecule has 2 nitrogen and oxygen atoms in total. The zero-order valence-corrected chi connectivity index (χ0v) is 11.7. The van der Waals surface area contributed by atoms with Crippen LogP contribution in [0.15, 0.2) is 24.3 Å². The zero-order chi connectivity index (χ0) is 12.8. The molecule has 1 aliphatic heterocycles. The highest BCUT2D eigenvalue weighted by molar-refractivity contribution is 6.30. The molecule has 1 saturated heterocycles. The average molecular weight is 267 g/mol. The third-order valence-electron chi connectivity index (χ3n) is 3.84. The van der Waals surface area contributed by atoms with Gasteiger partial charge >= 0.3 is 0 Å². The third-order valence-corrected chi connectivity index (χ3v) is 4.10. The molecule has 1 aliphatic rings. The van der Waals surface area contributed by atoms with Crippen LogP contribution in [0.2, 0.25) is 5.02 Å². The van der Waals surface area contributed by atoms with E-state index in [0.29, 0.717) is 0 Å². The second kappa shape index (κ2) is 7.13. The molecule has 0 amide bonds. The van der Waals surface area contributed by atoms with Crippen molar-refractivity contribution >= 4 is 11.6 Å². The molecule has 0 bridgehead atoms. The summed E-state index contributed by atoms with van der Waals surface area (Å²) in [5.41, 5.74) is 6.93. The largest absolute Gasteiger partial charge is 0.330 e. The van der Waals surface area contributed by atoms with Gasteiger partial charge in [0.1, 0.15) is 0 Å². The molecule has 1 heterocycles. The van der Waals surface area contributed by atoms with E-state index in [9.17, 15) is 0 Å². The summed E-state index contributed by atoms with van der Waals surface area (Å²) in [6, 6.07) is 8.21. The molecular formula is C15H23ClN2. The molecule has 0 unspecified atom stereocenters. The zero-order valence-electron chi connectivity index (χ0n) is 10.9. The first-order valence-corrected chi connectivity index (χ1v) is 7.32. The lowest BCUT2D eigenvalue weighted by atomic mass is 9.92. The van der Waals surface area contributed by atoms with E-state index in [4.69, 9.17) is 17.3 Å². The Morgan fingerprint density at radius 1 is 1.17 bits per heavy atom. The molecule has 0 radical (unpaired) electrons. The quantitative estimate of drug-likeness (QED) is 0.886. The minimum Gasteiger partial charge on any atom is -0.330 e. The average Bonchev–Trinajstić information content (AvgIpc) is 2.41. The number of nitrogens with zero attached hydrogens (tertiary/aromatic N) is 1. The predicted molar refractivity (Wildman–Crippen MR) is 77.7 cm³/mol. The van der Waals surface area contributed by atoms with Crippen LogP contribution in [0.5, 0.6) is 0 Å². The van der Waals surface area contributed by atoms with Crippen LogP contribution in [0.3, 0.4) is 0 Å². The molecule has 0 spiro atoms.